The minimum atomic E-state index is -3.76. The largest absolute Gasteiger partial charge is 0.296 e. The van der Waals surface area contributed by atoms with E-state index in [1.807, 2.05) is 13.8 Å². The van der Waals surface area contributed by atoms with Crippen LogP contribution in [0.1, 0.15) is 11.1 Å². The SMILES string of the molecule is Cc1ccc(S(=O)(=O)OCCBCCOS(=O)(=O)c2ccc(C)cc2)cc1. The molecule has 6 nitrogen and oxygen atoms in total. The molecule has 0 saturated carbocycles. The third-order valence-corrected chi connectivity index (χ3v) is 6.54. The summed E-state index contributed by atoms with van der Waals surface area (Å²) in [5.74, 6) is 0. The lowest BCUT2D eigenvalue weighted by Gasteiger charge is -2.07. The first-order chi connectivity index (χ1) is 12.7. The second-order valence-corrected chi connectivity index (χ2v) is 9.47. The Kier molecular flexibility index (Phi) is 7.61. The van der Waals surface area contributed by atoms with Crippen LogP contribution >= 0.6 is 0 Å². The van der Waals surface area contributed by atoms with Crippen molar-refractivity contribution in [3.8, 4) is 0 Å². The third kappa shape index (κ3) is 6.77. The summed E-state index contributed by atoms with van der Waals surface area (Å²) in [4.78, 5) is 0.251. The van der Waals surface area contributed by atoms with Gasteiger partial charge in [0, 0.05) is 0 Å². The van der Waals surface area contributed by atoms with E-state index in [1.165, 1.54) is 24.3 Å². The lowest BCUT2D eigenvalue weighted by atomic mass is 9.72. The van der Waals surface area contributed by atoms with Gasteiger partial charge in [0.25, 0.3) is 20.2 Å². The maximum Gasteiger partial charge on any atom is 0.296 e. The molecule has 0 saturated heterocycles. The van der Waals surface area contributed by atoms with Crippen LogP contribution < -0.4 is 0 Å². The molecule has 0 heterocycles. The molecule has 0 unspecified atom stereocenters. The molecule has 146 valence electrons. The van der Waals surface area contributed by atoms with Crippen LogP contribution in [0.3, 0.4) is 0 Å². The van der Waals surface area contributed by atoms with Crippen LogP contribution in [0.25, 0.3) is 0 Å². The van der Waals surface area contributed by atoms with Crippen molar-refractivity contribution in [1.82, 2.24) is 0 Å². The summed E-state index contributed by atoms with van der Waals surface area (Å²) in [6.07, 6.45) is 0.970. The van der Waals surface area contributed by atoms with Crippen LogP contribution in [-0.4, -0.2) is 37.3 Å². The summed E-state index contributed by atoms with van der Waals surface area (Å²) in [5.41, 5.74) is 1.93. The van der Waals surface area contributed by atoms with Crippen LogP contribution in [0.4, 0.5) is 0 Å². The number of aryl methyl sites for hydroxylation is 2. The smallest absolute Gasteiger partial charge is 0.267 e. The van der Waals surface area contributed by atoms with Crippen LogP contribution in [0.15, 0.2) is 58.3 Å². The molecule has 0 radical (unpaired) electrons. The summed E-state index contributed by atoms with van der Waals surface area (Å²) >= 11 is 0. The van der Waals surface area contributed by atoms with Gasteiger partial charge in [-0.25, -0.2) is 0 Å². The number of hydrogen-bond acceptors (Lipinski definition) is 6. The molecule has 2 rings (SSSR count). The lowest BCUT2D eigenvalue weighted by Crippen LogP contribution is -2.11. The second-order valence-electron chi connectivity index (χ2n) is 6.24. The first-order valence-electron chi connectivity index (χ1n) is 8.63. The van der Waals surface area contributed by atoms with Crippen LogP contribution in [0.2, 0.25) is 12.6 Å². The normalized spacial score (nSPS) is 12.1. The molecule has 0 aliphatic heterocycles. The minimum Gasteiger partial charge on any atom is -0.267 e. The van der Waals surface area contributed by atoms with Crippen molar-refractivity contribution >= 4 is 27.5 Å². The zero-order chi connectivity index (χ0) is 19.9. The zero-order valence-electron chi connectivity index (χ0n) is 15.4. The third-order valence-electron chi connectivity index (χ3n) is 3.88. The molecule has 0 atom stereocenters. The predicted octanol–water partition coefficient (Wildman–Crippen LogP) is 2.69. The van der Waals surface area contributed by atoms with Gasteiger partial charge in [-0.1, -0.05) is 48.0 Å². The van der Waals surface area contributed by atoms with Crippen molar-refractivity contribution in [2.45, 2.75) is 36.3 Å². The first-order valence-corrected chi connectivity index (χ1v) is 11.4. The van der Waals surface area contributed by atoms with Crippen molar-refractivity contribution < 1.29 is 25.2 Å². The maximum atomic E-state index is 12.0. The molecular weight excluding hydrogens is 387 g/mol. The van der Waals surface area contributed by atoms with Gasteiger partial charge in [-0.2, -0.15) is 16.8 Å². The fourth-order valence-corrected chi connectivity index (χ4v) is 4.15. The van der Waals surface area contributed by atoms with Gasteiger partial charge in [-0.05, 0) is 38.1 Å². The monoisotopic (exact) mass is 410 g/mol. The van der Waals surface area contributed by atoms with Crippen LogP contribution in [-0.2, 0) is 28.6 Å². The van der Waals surface area contributed by atoms with Gasteiger partial charge in [0.05, 0.1) is 23.0 Å². The first kappa shape index (κ1) is 21.6. The summed E-state index contributed by atoms with van der Waals surface area (Å²) in [7, 11) is -6.93. The van der Waals surface area contributed by atoms with E-state index in [-0.39, 0.29) is 23.0 Å². The van der Waals surface area contributed by atoms with E-state index in [0.717, 1.165) is 11.1 Å². The van der Waals surface area contributed by atoms with Crippen molar-refractivity contribution in [3.63, 3.8) is 0 Å². The second kappa shape index (κ2) is 9.50. The van der Waals surface area contributed by atoms with Crippen LogP contribution in [0.5, 0.6) is 0 Å². The number of rotatable bonds is 10. The van der Waals surface area contributed by atoms with E-state index in [0.29, 0.717) is 19.9 Å². The Hall–Kier alpha value is -1.68. The summed E-state index contributed by atoms with van der Waals surface area (Å²) in [6, 6.07) is 12.9. The molecule has 0 aliphatic rings. The highest BCUT2D eigenvalue weighted by Gasteiger charge is 2.16. The average molecular weight is 410 g/mol. The van der Waals surface area contributed by atoms with Gasteiger partial charge < -0.3 is 0 Å². The predicted molar refractivity (Wildman–Crippen MR) is 105 cm³/mol. The van der Waals surface area contributed by atoms with E-state index in [2.05, 4.69) is 0 Å². The Bertz CT molecular complexity index is 857. The summed E-state index contributed by atoms with van der Waals surface area (Å²) in [6.45, 7) is 3.83. The molecule has 0 amide bonds. The van der Waals surface area contributed by atoms with Gasteiger partial charge in [-0.15, -0.1) is 0 Å². The van der Waals surface area contributed by atoms with E-state index in [9.17, 15) is 16.8 Å². The minimum absolute atomic E-state index is 0.0426. The van der Waals surface area contributed by atoms with Crippen molar-refractivity contribution in [2.75, 3.05) is 13.2 Å². The fourth-order valence-electron chi connectivity index (χ4n) is 2.26. The Morgan fingerprint density at radius 3 is 1.33 bits per heavy atom. The van der Waals surface area contributed by atoms with E-state index in [1.54, 1.807) is 24.3 Å². The Morgan fingerprint density at radius 2 is 1.00 bits per heavy atom. The topological polar surface area (TPSA) is 86.7 Å². The van der Waals surface area contributed by atoms with Gasteiger partial charge in [-0.3, -0.25) is 8.37 Å². The van der Waals surface area contributed by atoms with Crippen LogP contribution in [0, 0.1) is 13.8 Å². The van der Waals surface area contributed by atoms with E-state index in [4.69, 9.17) is 8.37 Å². The highest BCUT2D eigenvalue weighted by atomic mass is 32.2. The highest BCUT2D eigenvalue weighted by Crippen LogP contribution is 2.15. The molecule has 2 aromatic rings. The molecule has 9 heteroatoms. The van der Waals surface area contributed by atoms with Crippen molar-refractivity contribution in [2.24, 2.45) is 0 Å². The van der Waals surface area contributed by atoms with Gasteiger partial charge in [0.1, 0.15) is 7.28 Å². The standard InChI is InChI=1S/C18H23BO6S2/c1-15-3-7-17(8-4-15)26(20,21)24-13-11-19-12-14-25-27(22,23)18-9-5-16(2)6-10-18/h3-10,19H,11-14H2,1-2H3. The molecule has 0 aromatic heterocycles. The molecule has 0 aliphatic carbocycles. The Labute approximate surface area is 162 Å². The lowest BCUT2D eigenvalue weighted by molar-refractivity contribution is 0.332. The fraction of sp³-hybridized carbons (Fsp3) is 0.333. The summed E-state index contributed by atoms with van der Waals surface area (Å²) < 4.78 is 58.1. The Morgan fingerprint density at radius 1 is 0.667 bits per heavy atom. The number of benzene rings is 2. The van der Waals surface area contributed by atoms with Crippen molar-refractivity contribution in [1.29, 1.82) is 0 Å². The maximum absolute atomic E-state index is 12.0. The molecule has 2 aromatic carbocycles. The highest BCUT2D eigenvalue weighted by molar-refractivity contribution is 7.87. The van der Waals surface area contributed by atoms with E-state index < -0.39 is 20.2 Å². The average Bonchev–Trinajstić information content (AvgIpc) is 2.61. The van der Waals surface area contributed by atoms with Gasteiger partial charge >= 0.3 is 0 Å². The van der Waals surface area contributed by atoms with E-state index >= 15 is 0 Å². The molecule has 27 heavy (non-hydrogen) atoms. The van der Waals surface area contributed by atoms with Gasteiger partial charge in [0.15, 0.2) is 0 Å². The molecule has 0 spiro atoms. The molecule has 0 bridgehead atoms. The zero-order valence-corrected chi connectivity index (χ0v) is 17.1. The summed E-state index contributed by atoms with van der Waals surface area (Å²) in [5, 5.41) is 0. The van der Waals surface area contributed by atoms with Crippen molar-refractivity contribution in [3.05, 3.63) is 59.7 Å². The van der Waals surface area contributed by atoms with Gasteiger partial charge in [0.2, 0.25) is 0 Å². The quantitative estimate of drug-likeness (QED) is 0.340. The molecular formula is C18H23BO6S2. The molecule has 0 fully saturated rings. The Balaban J connectivity index is 1.68. The molecule has 0 N–H and O–H groups in total. The number of hydrogen-bond donors (Lipinski definition) is 0.